The van der Waals surface area contributed by atoms with Crippen LogP contribution in [-0.2, 0) is 0 Å². The largest absolute Gasteiger partial charge is 0.446 e. The number of aromatic amines is 1. The number of nitrogens with zero attached hydrogens (tertiary/aromatic N) is 1. The number of hydrogen-bond acceptors (Lipinski definition) is 4. The second-order valence-corrected chi connectivity index (χ2v) is 7.24. The summed E-state index contributed by atoms with van der Waals surface area (Å²) in [7, 11) is 0. The molecule has 3 rings (SSSR count). The number of H-pyrrole nitrogens is 1. The maximum Gasteiger partial charge on any atom is 0.446 e. The molecule has 1 aromatic carbocycles. The predicted molar refractivity (Wildman–Crippen MR) is 91.1 cm³/mol. The van der Waals surface area contributed by atoms with Crippen LogP contribution in [0.2, 0.25) is 0 Å². The number of amides is 1. The van der Waals surface area contributed by atoms with Crippen LogP contribution >= 0.6 is 11.8 Å². The summed E-state index contributed by atoms with van der Waals surface area (Å²) < 4.78 is 37.1. The van der Waals surface area contributed by atoms with Crippen molar-refractivity contribution in [2.75, 3.05) is 0 Å². The smallest absolute Gasteiger partial charge is 0.344 e. The first kappa shape index (κ1) is 18.5. The van der Waals surface area contributed by atoms with Crippen LogP contribution in [0.3, 0.4) is 0 Å². The number of halogens is 3. The molecule has 0 saturated heterocycles. The van der Waals surface area contributed by atoms with Crippen LogP contribution in [0.4, 0.5) is 13.2 Å². The van der Waals surface area contributed by atoms with Gasteiger partial charge in [-0.2, -0.15) is 13.2 Å². The standard InChI is InChI=1S/C17H16F3N3O2S/c1-9(10-4-6-12(7-5-10)26-17(18,19)20)21-16(25)13-8-14(24)23-15(22-13)11-2-3-11/h4-9,11H,2-3H2,1H3,(H,21,25)(H,22,23,24). The van der Waals surface area contributed by atoms with Crippen molar-refractivity contribution in [3.05, 3.63) is 57.8 Å². The minimum Gasteiger partial charge on any atom is -0.344 e. The molecule has 0 aliphatic heterocycles. The highest BCUT2D eigenvalue weighted by Gasteiger charge is 2.29. The molecule has 0 bridgehead atoms. The number of aromatic nitrogens is 2. The van der Waals surface area contributed by atoms with Crippen molar-refractivity contribution < 1.29 is 18.0 Å². The monoisotopic (exact) mass is 383 g/mol. The first-order chi connectivity index (χ1) is 12.2. The average molecular weight is 383 g/mol. The van der Waals surface area contributed by atoms with E-state index in [0.717, 1.165) is 18.9 Å². The highest BCUT2D eigenvalue weighted by Crippen LogP contribution is 2.38. The lowest BCUT2D eigenvalue weighted by atomic mass is 10.1. The molecule has 9 heteroatoms. The fraction of sp³-hybridized carbons (Fsp3) is 0.353. The van der Waals surface area contributed by atoms with Gasteiger partial charge in [0, 0.05) is 16.9 Å². The molecule has 1 aliphatic carbocycles. The third-order valence-electron chi connectivity index (χ3n) is 3.92. The first-order valence-corrected chi connectivity index (χ1v) is 8.81. The van der Waals surface area contributed by atoms with Crippen LogP contribution in [0.5, 0.6) is 0 Å². The molecule has 1 heterocycles. The van der Waals surface area contributed by atoms with Gasteiger partial charge in [-0.3, -0.25) is 9.59 Å². The number of hydrogen-bond donors (Lipinski definition) is 2. The lowest BCUT2D eigenvalue weighted by Gasteiger charge is -2.15. The molecule has 1 saturated carbocycles. The van der Waals surface area contributed by atoms with E-state index in [0.29, 0.717) is 11.4 Å². The Balaban J connectivity index is 1.68. The minimum absolute atomic E-state index is 0.0340. The lowest BCUT2D eigenvalue weighted by Crippen LogP contribution is -2.29. The van der Waals surface area contributed by atoms with Gasteiger partial charge >= 0.3 is 5.51 Å². The number of alkyl halides is 3. The molecule has 1 atom stereocenters. The quantitative estimate of drug-likeness (QED) is 0.771. The highest BCUT2D eigenvalue weighted by molar-refractivity contribution is 8.00. The van der Waals surface area contributed by atoms with E-state index in [-0.39, 0.29) is 33.8 Å². The van der Waals surface area contributed by atoms with Crippen molar-refractivity contribution >= 4 is 17.7 Å². The van der Waals surface area contributed by atoms with E-state index in [1.807, 2.05) is 0 Å². The zero-order valence-electron chi connectivity index (χ0n) is 13.8. The van der Waals surface area contributed by atoms with Gasteiger partial charge in [0.15, 0.2) is 0 Å². The van der Waals surface area contributed by atoms with Gasteiger partial charge in [-0.25, -0.2) is 4.98 Å². The molecule has 2 aromatic rings. The number of carbonyl (C=O) groups is 1. The van der Waals surface area contributed by atoms with Gasteiger partial charge in [-0.15, -0.1) is 0 Å². The number of nitrogens with one attached hydrogen (secondary N) is 2. The second kappa shape index (κ2) is 7.14. The summed E-state index contributed by atoms with van der Waals surface area (Å²) >= 11 is -0.192. The number of carbonyl (C=O) groups excluding carboxylic acids is 1. The van der Waals surface area contributed by atoms with E-state index in [4.69, 9.17) is 0 Å². The van der Waals surface area contributed by atoms with Crippen molar-refractivity contribution in [3.8, 4) is 0 Å². The van der Waals surface area contributed by atoms with Gasteiger partial charge in [0.25, 0.3) is 11.5 Å². The van der Waals surface area contributed by atoms with E-state index < -0.39 is 17.5 Å². The van der Waals surface area contributed by atoms with Crippen molar-refractivity contribution in [3.63, 3.8) is 0 Å². The molecule has 1 amide bonds. The summed E-state index contributed by atoms with van der Waals surface area (Å²) in [5, 5.41) is 2.71. The van der Waals surface area contributed by atoms with Crippen LogP contribution in [0, 0.1) is 0 Å². The predicted octanol–water partition coefficient (Wildman–Crippen LogP) is 3.75. The molecular weight excluding hydrogens is 367 g/mol. The Bertz CT molecular complexity index is 861. The van der Waals surface area contributed by atoms with Crippen molar-refractivity contribution in [1.82, 2.24) is 15.3 Å². The van der Waals surface area contributed by atoms with Crippen LogP contribution in [0.1, 0.15) is 53.6 Å². The van der Waals surface area contributed by atoms with Crippen LogP contribution in [-0.4, -0.2) is 21.4 Å². The van der Waals surface area contributed by atoms with E-state index in [9.17, 15) is 22.8 Å². The van der Waals surface area contributed by atoms with Gasteiger partial charge in [-0.05, 0) is 49.2 Å². The molecule has 2 N–H and O–H groups in total. The molecule has 1 fully saturated rings. The molecule has 138 valence electrons. The topological polar surface area (TPSA) is 74.8 Å². The van der Waals surface area contributed by atoms with Gasteiger partial charge < -0.3 is 10.3 Å². The van der Waals surface area contributed by atoms with Crippen molar-refractivity contribution in [1.29, 1.82) is 0 Å². The molecule has 1 unspecified atom stereocenters. The van der Waals surface area contributed by atoms with Crippen LogP contribution in [0.15, 0.2) is 40.0 Å². The Morgan fingerprint density at radius 1 is 1.31 bits per heavy atom. The average Bonchev–Trinajstić information content (AvgIpc) is 3.38. The number of benzene rings is 1. The molecule has 26 heavy (non-hydrogen) atoms. The summed E-state index contributed by atoms with van der Waals surface area (Å²) in [4.78, 5) is 30.9. The zero-order chi connectivity index (χ0) is 18.9. The molecule has 5 nitrogen and oxygen atoms in total. The third-order valence-corrected chi connectivity index (χ3v) is 4.66. The molecule has 0 spiro atoms. The maximum atomic E-state index is 12.4. The Morgan fingerprint density at radius 3 is 2.54 bits per heavy atom. The van der Waals surface area contributed by atoms with Crippen LogP contribution < -0.4 is 10.9 Å². The van der Waals surface area contributed by atoms with Gasteiger partial charge in [-0.1, -0.05) is 12.1 Å². The summed E-state index contributed by atoms with van der Waals surface area (Å²) in [6, 6.07) is 6.45. The Kier molecular flexibility index (Phi) is 5.08. The Labute approximate surface area is 151 Å². The van der Waals surface area contributed by atoms with Gasteiger partial charge in [0.1, 0.15) is 11.5 Å². The first-order valence-electron chi connectivity index (χ1n) is 7.99. The summed E-state index contributed by atoms with van der Waals surface area (Å²) in [6.45, 7) is 1.71. The van der Waals surface area contributed by atoms with Gasteiger partial charge in [0.2, 0.25) is 0 Å². The number of thioether (sulfide) groups is 1. The molecule has 0 radical (unpaired) electrons. The zero-order valence-corrected chi connectivity index (χ0v) is 14.6. The van der Waals surface area contributed by atoms with E-state index in [1.54, 1.807) is 6.92 Å². The molecular formula is C17H16F3N3O2S. The minimum atomic E-state index is -4.34. The van der Waals surface area contributed by atoms with E-state index in [1.165, 1.54) is 24.3 Å². The maximum absolute atomic E-state index is 12.4. The molecule has 1 aromatic heterocycles. The summed E-state index contributed by atoms with van der Waals surface area (Å²) in [5.41, 5.74) is -4.04. The van der Waals surface area contributed by atoms with Gasteiger partial charge in [0.05, 0.1) is 6.04 Å². The van der Waals surface area contributed by atoms with E-state index in [2.05, 4.69) is 15.3 Å². The fourth-order valence-electron chi connectivity index (χ4n) is 2.46. The normalized spacial score (nSPS) is 15.5. The summed E-state index contributed by atoms with van der Waals surface area (Å²) in [5.74, 6) is 0.217. The molecule has 1 aliphatic rings. The van der Waals surface area contributed by atoms with Crippen molar-refractivity contribution in [2.24, 2.45) is 0 Å². The lowest BCUT2D eigenvalue weighted by molar-refractivity contribution is -0.0328. The second-order valence-electron chi connectivity index (χ2n) is 6.10. The van der Waals surface area contributed by atoms with Crippen LogP contribution in [0.25, 0.3) is 0 Å². The van der Waals surface area contributed by atoms with E-state index >= 15 is 0 Å². The summed E-state index contributed by atoms with van der Waals surface area (Å²) in [6.07, 6.45) is 1.87. The Hall–Kier alpha value is -2.29. The highest BCUT2D eigenvalue weighted by atomic mass is 32.2. The SMILES string of the molecule is CC(NC(=O)c1cc(=O)[nH]c(C2CC2)n1)c1ccc(SC(F)(F)F)cc1. The fourth-order valence-corrected chi connectivity index (χ4v) is 2.99. The Morgan fingerprint density at radius 2 is 1.96 bits per heavy atom. The van der Waals surface area contributed by atoms with Crippen molar-refractivity contribution in [2.45, 2.75) is 42.1 Å². The third kappa shape index (κ3) is 4.87. The number of rotatable bonds is 5.